The van der Waals surface area contributed by atoms with E-state index in [9.17, 15) is 14.4 Å². The van der Waals surface area contributed by atoms with E-state index >= 15 is 0 Å². The zero-order chi connectivity index (χ0) is 15.9. The van der Waals surface area contributed by atoms with Crippen LogP contribution in [0.15, 0.2) is 29.1 Å². The van der Waals surface area contributed by atoms with Crippen LogP contribution in [0.1, 0.15) is 24.6 Å². The van der Waals surface area contributed by atoms with Gasteiger partial charge in [-0.25, -0.2) is 4.98 Å². The highest BCUT2D eigenvalue weighted by atomic mass is 16.2. The molecule has 0 aliphatic carbocycles. The normalized spacial score (nSPS) is 18.1. The molecule has 7 heteroatoms. The van der Waals surface area contributed by atoms with Crippen molar-refractivity contribution in [3.63, 3.8) is 0 Å². The third kappa shape index (κ3) is 2.24. The summed E-state index contributed by atoms with van der Waals surface area (Å²) in [5.74, 6) is -0.779. The van der Waals surface area contributed by atoms with Gasteiger partial charge < -0.3 is 15.2 Å². The topological polar surface area (TPSA) is 98.3 Å². The molecule has 1 atom stereocenters. The van der Waals surface area contributed by atoms with Gasteiger partial charge in [-0.2, -0.15) is 0 Å². The second kappa shape index (κ2) is 5.25. The number of carbonyl (C=O) groups excluding carboxylic acids is 2. The van der Waals surface area contributed by atoms with Gasteiger partial charge in [-0.15, -0.1) is 0 Å². The molecule has 3 rings (SSSR count). The average molecular weight is 300 g/mol. The van der Waals surface area contributed by atoms with Gasteiger partial charge in [0.05, 0.1) is 23.6 Å². The van der Waals surface area contributed by atoms with Crippen molar-refractivity contribution in [2.45, 2.75) is 18.9 Å². The summed E-state index contributed by atoms with van der Waals surface area (Å²) in [5.41, 5.74) is 6.63. The molecule has 2 amide bonds. The zero-order valence-corrected chi connectivity index (χ0v) is 12.2. The fourth-order valence-corrected chi connectivity index (χ4v) is 2.90. The molecule has 22 heavy (non-hydrogen) atoms. The molecule has 1 aliphatic rings. The fourth-order valence-electron chi connectivity index (χ4n) is 2.90. The van der Waals surface area contributed by atoms with Gasteiger partial charge in [0.2, 0.25) is 11.8 Å². The lowest BCUT2D eigenvalue weighted by molar-refractivity contribution is -0.133. The fraction of sp³-hybridized carbons (Fsp3) is 0.333. The molecular formula is C15H16N4O3. The zero-order valence-electron chi connectivity index (χ0n) is 12.2. The molecule has 1 aromatic heterocycles. The summed E-state index contributed by atoms with van der Waals surface area (Å²) in [6.45, 7) is -0.193. The Morgan fingerprint density at radius 1 is 1.36 bits per heavy atom. The molecule has 114 valence electrons. The van der Waals surface area contributed by atoms with Crippen molar-refractivity contribution >= 4 is 22.8 Å². The highest BCUT2D eigenvalue weighted by molar-refractivity contribution is 5.85. The molecule has 0 unspecified atom stereocenters. The van der Waals surface area contributed by atoms with Crippen molar-refractivity contribution in [1.82, 2.24) is 14.5 Å². The van der Waals surface area contributed by atoms with E-state index in [0.717, 1.165) is 5.52 Å². The maximum atomic E-state index is 12.6. The predicted octanol–water partition coefficient (Wildman–Crippen LogP) is 0.0823. The SMILES string of the molecule is Cn1c(=O)c([C@H]2CCC(=O)N2CC(N)=O)nc2ccccc21. The van der Waals surface area contributed by atoms with E-state index in [0.29, 0.717) is 11.9 Å². The lowest BCUT2D eigenvalue weighted by atomic mass is 10.1. The number of carbonyl (C=O) groups is 2. The number of likely N-dealkylation sites (tertiary alicyclic amines) is 1. The molecule has 7 nitrogen and oxygen atoms in total. The molecule has 1 aliphatic heterocycles. The van der Waals surface area contributed by atoms with E-state index < -0.39 is 11.9 Å². The molecule has 0 spiro atoms. The molecule has 0 saturated carbocycles. The number of hydrogen-bond donors (Lipinski definition) is 1. The Bertz CT molecular complexity index is 827. The van der Waals surface area contributed by atoms with Gasteiger partial charge in [-0.1, -0.05) is 12.1 Å². The lowest BCUT2D eigenvalue weighted by Gasteiger charge is -2.23. The number of fused-ring (bicyclic) bond motifs is 1. The average Bonchev–Trinajstić information content (AvgIpc) is 2.83. The van der Waals surface area contributed by atoms with Gasteiger partial charge in [0, 0.05) is 13.5 Å². The van der Waals surface area contributed by atoms with Crippen LogP contribution in [0.5, 0.6) is 0 Å². The number of nitrogens with zero attached hydrogens (tertiary/aromatic N) is 3. The maximum absolute atomic E-state index is 12.6. The van der Waals surface area contributed by atoms with Crippen molar-refractivity contribution in [2.24, 2.45) is 12.8 Å². The number of aryl methyl sites for hydroxylation is 1. The van der Waals surface area contributed by atoms with Crippen molar-refractivity contribution in [3.05, 3.63) is 40.3 Å². The first-order valence-electron chi connectivity index (χ1n) is 7.02. The summed E-state index contributed by atoms with van der Waals surface area (Å²) < 4.78 is 1.52. The minimum atomic E-state index is -0.599. The first-order valence-corrected chi connectivity index (χ1v) is 7.02. The van der Waals surface area contributed by atoms with Crippen LogP contribution in [-0.2, 0) is 16.6 Å². The van der Waals surface area contributed by atoms with Crippen LogP contribution in [0, 0.1) is 0 Å². The molecule has 2 aromatic rings. The van der Waals surface area contributed by atoms with E-state index in [1.54, 1.807) is 7.05 Å². The van der Waals surface area contributed by atoms with Gasteiger partial charge in [0.25, 0.3) is 5.56 Å². The molecule has 1 fully saturated rings. The van der Waals surface area contributed by atoms with E-state index in [1.165, 1.54) is 9.47 Å². The Balaban J connectivity index is 2.13. The quantitative estimate of drug-likeness (QED) is 0.868. The summed E-state index contributed by atoms with van der Waals surface area (Å²) in [6, 6.07) is 6.80. The smallest absolute Gasteiger partial charge is 0.274 e. The van der Waals surface area contributed by atoms with Crippen LogP contribution in [0.25, 0.3) is 11.0 Å². The van der Waals surface area contributed by atoms with Crippen molar-refractivity contribution in [2.75, 3.05) is 6.54 Å². The lowest BCUT2D eigenvalue weighted by Crippen LogP contribution is -2.39. The number of benzene rings is 1. The number of para-hydroxylation sites is 2. The third-order valence-corrected chi connectivity index (χ3v) is 3.98. The molecule has 2 N–H and O–H groups in total. The highest BCUT2D eigenvalue weighted by Gasteiger charge is 2.35. The van der Waals surface area contributed by atoms with Crippen LogP contribution in [0.3, 0.4) is 0 Å². The first kappa shape index (κ1) is 14.2. The molecule has 1 aromatic carbocycles. The molecule has 2 heterocycles. The Hall–Kier alpha value is -2.70. The standard InChI is InChI=1S/C15H16N4O3/c1-18-10-5-3-2-4-9(10)17-14(15(18)22)11-6-7-13(21)19(11)8-12(16)20/h2-5,11H,6-8H2,1H3,(H2,16,20)/t11-/m1/s1. The Kier molecular flexibility index (Phi) is 3.40. The summed E-state index contributed by atoms with van der Waals surface area (Å²) in [4.78, 5) is 41.4. The predicted molar refractivity (Wildman–Crippen MR) is 79.9 cm³/mol. The van der Waals surface area contributed by atoms with Gasteiger partial charge in [-0.3, -0.25) is 14.4 Å². The number of rotatable bonds is 3. The molecule has 0 bridgehead atoms. The van der Waals surface area contributed by atoms with E-state index in [-0.39, 0.29) is 30.1 Å². The minimum Gasteiger partial charge on any atom is -0.368 e. The van der Waals surface area contributed by atoms with E-state index in [2.05, 4.69) is 4.98 Å². The van der Waals surface area contributed by atoms with Crippen molar-refractivity contribution < 1.29 is 9.59 Å². The number of hydrogen-bond acceptors (Lipinski definition) is 4. The molecular weight excluding hydrogens is 284 g/mol. The van der Waals surface area contributed by atoms with Gasteiger partial charge in [0.1, 0.15) is 5.69 Å². The number of aromatic nitrogens is 2. The van der Waals surface area contributed by atoms with Crippen LogP contribution in [-0.4, -0.2) is 32.8 Å². The van der Waals surface area contributed by atoms with E-state index in [1.807, 2.05) is 24.3 Å². The second-order valence-corrected chi connectivity index (χ2v) is 5.39. The third-order valence-electron chi connectivity index (χ3n) is 3.98. The first-order chi connectivity index (χ1) is 10.5. The Morgan fingerprint density at radius 3 is 2.82 bits per heavy atom. The highest BCUT2D eigenvalue weighted by Crippen LogP contribution is 2.30. The summed E-state index contributed by atoms with van der Waals surface area (Å²) >= 11 is 0. The van der Waals surface area contributed by atoms with Crippen LogP contribution in [0.2, 0.25) is 0 Å². The largest absolute Gasteiger partial charge is 0.368 e. The Labute approximate surface area is 126 Å². The van der Waals surface area contributed by atoms with Gasteiger partial charge in [0.15, 0.2) is 0 Å². The summed E-state index contributed by atoms with van der Waals surface area (Å²) in [6.07, 6.45) is 0.752. The molecule has 0 radical (unpaired) electrons. The van der Waals surface area contributed by atoms with Crippen molar-refractivity contribution in [3.8, 4) is 0 Å². The van der Waals surface area contributed by atoms with Gasteiger partial charge in [-0.05, 0) is 18.6 Å². The maximum Gasteiger partial charge on any atom is 0.274 e. The second-order valence-electron chi connectivity index (χ2n) is 5.39. The number of primary amides is 1. The summed E-state index contributed by atoms with van der Waals surface area (Å²) in [5, 5.41) is 0. The Morgan fingerprint density at radius 2 is 2.09 bits per heavy atom. The van der Waals surface area contributed by atoms with Crippen molar-refractivity contribution in [1.29, 1.82) is 0 Å². The van der Waals surface area contributed by atoms with Crippen LogP contribution in [0.4, 0.5) is 0 Å². The number of amides is 2. The number of nitrogens with two attached hydrogens (primary N) is 1. The molecule has 1 saturated heterocycles. The van der Waals surface area contributed by atoms with Gasteiger partial charge >= 0.3 is 0 Å². The van der Waals surface area contributed by atoms with Crippen LogP contribution < -0.4 is 11.3 Å². The van der Waals surface area contributed by atoms with Crippen LogP contribution >= 0.6 is 0 Å². The monoisotopic (exact) mass is 300 g/mol. The minimum absolute atomic E-state index is 0.180. The van der Waals surface area contributed by atoms with E-state index in [4.69, 9.17) is 5.73 Å². The summed E-state index contributed by atoms with van der Waals surface area (Å²) in [7, 11) is 1.67.